The van der Waals surface area contributed by atoms with Crippen LogP contribution in [-0.4, -0.2) is 49.6 Å². The van der Waals surface area contributed by atoms with E-state index in [1.54, 1.807) is 0 Å². The third-order valence-corrected chi connectivity index (χ3v) is 3.67. The van der Waals surface area contributed by atoms with E-state index in [-0.39, 0.29) is 11.9 Å². The van der Waals surface area contributed by atoms with Gasteiger partial charge in [-0.2, -0.15) is 0 Å². The van der Waals surface area contributed by atoms with Crippen molar-refractivity contribution in [1.82, 2.24) is 15.5 Å². The maximum absolute atomic E-state index is 11.9. The molecule has 1 aliphatic rings. The summed E-state index contributed by atoms with van der Waals surface area (Å²) in [6.45, 7) is 8.90. The number of nitrogens with zero attached hydrogens (tertiary/aromatic N) is 1. The van der Waals surface area contributed by atoms with Gasteiger partial charge in [0, 0.05) is 18.6 Å². The number of carbonyl (C=O) groups is 1. The van der Waals surface area contributed by atoms with Crippen molar-refractivity contribution in [2.75, 3.05) is 26.7 Å². The van der Waals surface area contributed by atoms with Crippen LogP contribution in [0.25, 0.3) is 0 Å². The number of nitrogens with one attached hydrogen (secondary N) is 2. The molecule has 4 nitrogen and oxygen atoms in total. The van der Waals surface area contributed by atoms with E-state index in [4.69, 9.17) is 0 Å². The number of likely N-dealkylation sites (N-methyl/N-ethyl adjacent to an activating group) is 1. The van der Waals surface area contributed by atoms with E-state index < -0.39 is 0 Å². The number of carbonyl (C=O) groups excluding carboxylic acids is 1. The average Bonchev–Trinajstić information content (AvgIpc) is 2.66. The Bertz CT molecular complexity index is 243. The van der Waals surface area contributed by atoms with E-state index in [0.717, 1.165) is 13.1 Å². The van der Waals surface area contributed by atoms with Crippen molar-refractivity contribution in [3.05, 3.63) is 0 Å². The van der Waals surface area contributed by atoms with E-state index in [2.05, 4.69) is 36.3 Å². The lowest BCUT2D eigenvalue weighted by molar-refractivity contribution is -0.123. The van der Waals surface area contributed by atoms with Gasteiger partial charge in [0.15, 0.2) is 0 Å². The molecule has 0 saturated carbocycles. The maximum atomic E-state index is 11.9. The van der Waals surface area contributed by atoms with E-state index in [1.807, 2.05) is 7.05 Å². The second kappa shape index (κ2) is 6.97. The molecule has 1 aliphatic heterocycles. The minimum absolute atomic E-state index is 0.161. The first-order valence-electron chi connectivity index (χ1n) is 6.72. The Balaban J connectivity index is 2.34. The van der Waals surface area contributed by atoms with Gasteiger partial charge in [-0.25, -0.2) is 0 Å². The normalized spacial score (nSPS) is 23.0. The molecule has 0 spiro atoms. The van der Waals surface area contributed by atoms with Crippen LogP contribution in [0.5, 0.6) is 0 Å². The minimum Gasteiger partial charge on any atom is -0.352 e. The summed E-state index contributed by atoms with van der Waals surface area (Å²) in [5.74, 6) is 0.653. The fraction of sp³-hybridized carbons (Fsp3) is 0.923. The standard InChI is InChI=1S/C13H27N3O/c1-10(2)11(3)15-13(17)9-16-7-5-6-12(16)8-14-4/h10-12,14H,5-9H2,1-4H3,(H,15,17). The number of hydrogen-bond donors (Lipinski definition) is 2. The lowest BCUT2D eigenvalue weighted by Crippen LogP contribution is -2.46. The van der Waals surface area contributed by atoms with Crippen molar-refractivity contribution in [1.29, 1.82) is 0 Å². The molecule has 0 aliphatic carbocycles. The molecule has 0 radical (unpaired) electrons. The van der Waals surface area contributed by atoms with Gasteiger partial charge in [-0.3, -0.25) is 9.69 Å². The average molecular weight is 241 g/mol. The SMILES string of the molecule is CNCC1CCCN1CC(=O)NC(C)C(C)C. The highest BCUT2D eigenvalue weighted by Crippen LogP contribution is 2.15. The van der Waals surface area contributed by atoms with Gasteiger partial charge in [-0.1, -0.05) is 13.8 Å². The quantitative estimate of drug-likeness (QED) is 0.724. The maximum Gasteiger partial charge on any atom is 0.234 e. The van der Waals surface area contributed by atoms with Crippen LogP contribution in [-0.2, 0) is 4.79 Å². The minimum atomic E-state index is 0.161. The summed E-state index contributed by atoms with van der Waals surface area (Å²) in [6.07, 6.45) is 2.41. The van der Waals surface area contributed by atoms with Crippen LogP contribution in [0.1, 0.15) is 33.6 Å². The fourth-order valence-electron chi connectivity index (χ4n) is 2.22. The summed E-state index contributed by atoms with van der Waals surface area (Å²) in [7, 11) is 1.97. The van der Waals surface area contributed by atoms with Gasteiger partial charge in [0.2, 0.25) is 5.91 Å². The van der Waals surface area contributed by atoms with Crippen LogP contribution in [0.15, 0.2) is 0 Å². The van der Waals surface area contributed by atoms with Gasteiger partial charge < -0.3 is 10.6 Å². The van der Waals surface area contributed by atoms with Crippen LogP contribution >= 0.6 is 0 Å². The van der Waals surface area contributed by atoms with Crippen LogP contribution in [0.4, 0.5) is 0 Å². The molecule has 2 unspecified atom stereocenters. The predicted molar refractivity (Wildman–Crippen MR) is 71.0 cm³/mol. The fourth-order valence-corrected chi connectivity index (χ4v) is 2.22. The van der Waals surface area contributed by atoms with Gasteiger partial charge >= 0.3 is 0 Å². The van der Waals surface area contributed by atoms with Gasteiger partial charge in [-0.05, 0) is 39.3 Å². The smallest absolute Gasteiger partial charge is 0.234 e. The summed E-state index contributed by atoms with van der Waals surface area (Å²) in [5, 5.41) is 6.27. The Kier molecular flexibility index (Phi) is 5.92. The third-order valence-electron chi connectivity index (χ3n) is 3.67. The molecular formula is C13H27N3O. The molecule has 2 N–H and O–H groups in total. The second-order valence-electron chi connectivity index (χ2n) is 5.42. The molecule has 100 valence electrons. The van der Waals surface area contributed by atoms with Crippen molar-refractivity contribution in [2.24, 2.45) is 5.92 Å². The summed E-state index contributed by atoms with van der Waals surface area (Å²) in [5.41, 5.74) is 0. The lowest BCUT2D eigenvalue weighted by atomic mass is 10.1. The van der Waals surface area contributed by atoms with Crippen molar-refractivity contribution >= 4 is 5.91 Å². The molecule has 4 heteroatoms. The Hall–Kier alpha value is -0.610. The number of amides is 1. The molecule has 1 saturated heterocycles. The Morgan fingerprint density at radius 2 is 2.12 bits per heavy atom. The van der Waals surface area contributed by atoms with Crippen molar-refractivity contribution in [3.63, 3.8) is 0 Å². The summed E-state index contributed by atoms with van der Waals surface area (Å²) in [6, 6.07) is 0.785. The summed E-state index contributed by atoms with van der Waals surface area (Å²) in [4.78, 5) is 14.2. The Labute approximate surface area is 105 Å². The van der Waals surface area contributed by atoms with Gasteiger partial charge in [0.25, 0.3) is 0 Å². The van der Waals surface area contributed by atoms with E-state index >= 15 is 0 Å². The highest BCUT2D eigenvalue weighted by atomic mass is 16.2. The first-order valence-corrected chi connectivity index (χ1v) is 6.72. The zero-order valence-corrected chi connectivity index (χ0v) is 11.6. The van der Waals surface area contributed by atoms with Gasteiger partial charge in [0.05, 0.1) is 6.54 Å². The number of likely N-dealkylation sites (tertiary alicyclic amines) is 1. The molecule has 1 heterocycles. The lowest BCUT2D eigenvalue weighted by Gasteiger charge is -2.25. The largest absolute Gasteiger partial charge is 0.352 e. The number of hydrogen-bond acceptors (Lipinski definition) is 3. The monoisotopic (exact) mass is 241 g/mol. The second-order valence-corrected chi connectivity index (χ2v) is 5.42. The van der Waals surface area contributed by atoms with Crippen molar-refractivity contribution in [2.45, 2.75) is 45.7 Å². The van der Waals surface area contributed by atoms with Crippen LogP contribution in [0, 0.1) is 5.92 Å². The van der Waals surface area contributed by atoms with Crippen molar-refractivity contribution < 1.29 is 4.79 Å². The van der Waals surface area contributed by atoms with E-state index in [1.165, 1.54) is 12.8 Å². The van der Waals surface area contributed by atoms with Crippen molar-refractivity contribution in [3.8, 4) is 0 Å². The molecular weight excluding hydrogens is 214 g/mol. The summed E-state index contributed by atoms with van der Waals surface area (Å²) < 4.78 is 0. The number of rotatable bonds is 6. The molecule has 1 rings (SSSR count). The molecule has 0 aromatic rings. The van der Waals surface area contributed by atoms with Crippen LogP contribution < -0.4 is 10.6 Å². The molecule has 0 bridgehead atoms. The Morgan fingerprint density at radius 1 is 1.41 bits per heavy atom. The molecule has 1 amide bonds. The van der Waals surface area contributed by atoms with Crippen LogP contribution in [0.3, 0.4) is 0 Å². The predicted octanol–water partition coefficient (Wildman–Crippen LogP) is 0.831. The zero-order valence-electron chi connectivity index (χ0n) is 11.6. The summed E-state index contributed by atoms with van der Waals surface area (Å²) >= 11 is 0. The first-order chi connectivity index (χ1) is 8.04. The topological polar surface area (TPSA) is 44.4 Å². The molecule has 0 aromatic carbocycles. The van der Waals surface area contributed by atoms with Crippen LogP contribution in [0.2, 0.25) is 0 Å². The van der Waals surface area contributed by atoms with Gasteiger partial charge in [0.1, 0.15) is 0 Å². The molecule has 2 atom stereocenters. The van der Waals surface area contributed by atoms with Gasteiger partial charge in [-0.15, -0.1) is 0 Å². The third kappa shape index (κ3) is 4.64. The highest BCUT2D eigenvalue weighted by Gasteiger charge is 2.25. The molecule has 1 fully saturated rings. The first kappa shape index (κ1) is 14.5. The molecule has 17 heavy (non-hydrogen) atoms. The highest BCUT2D eigenvalue weighted by molar-refractivity contribution is 5.78. The molecule has 0 aromatic heterocycles. The van der Waals surface area contributed by atoms with E-state index in [0.29, 0.717) is 18.5 Å². The van der Waals surface area contributed by atoms with E-state index in [9.17, 15) is 4.79 Å². The zero-order chi connectivity index (χ0) is 12.8. The Morgan fingerprint density at radius 3 is 2.71 bits per heavy atom.